The van der Waals surface area contributed by atoms with Crippen LogP contribution in [-0.4, -0.2) is 43.0 Å². The maximum Gasteiger partial charge on any atom is 0.226 e. The molecule has 0 radical (unpaired) electrons. The SMILES string of the molecule is CN(C)CCOc1ccc(C2CC(=O)Nc3nc(N)ccc32)cc1. The number of nitrogens with zero attached hydrogens (tertiary/aromatic N) is 2. The topological polar surface area (TPSA) is 80.5 Å². The lowest BCUT2D eigenvalue weighted by molar-refractivity contribution is -0.116. The highest BCUT2D eigenvalue weighted by Gasteiger charge is 2.27. The number of fused-ring (bicyclic) bond motifs is 1. The molecule has 1 aromatic heterocycles. The number of ether oxygens (including phenoxy) is 1. The minimum absolute atomic E-state index is 0.0160. The Morgan fingerprint density at radius 3 is 2.71 bits per heavy atom. The average Bonchev–Trinajstić information content (AvgIpc) is 2.54. The van der Waals surface area contributed by atoms with Crippen molar-refractivity contribution < 1.29 is 9.53 Å². The van der Waals surface area contributed by atoms with Crippen molar-refractivity contribution in [1.29, 1.82) is 0 Å². The lowest BCUT2D eigenvalue weighted by atomic mass is 9.86. The fourth-order valence-corrected chi connectivity index (χ4v) is 2.78. The predicted octanol–water partition coefficient (Wildman–Crippen LogP) is 2.08. The number of pyridine rings is 1. The third-order valence-corrected chi connectivity index (χ3v) is 4.06. The molecular formula is C18H22N4O2. The number of anilines is 2. The lowest BCUT2D eigenvalue weighted by Crippen LogP contribution is -2.24. The number of amides is 1. The summed E-state index contributed by atoms with van der Waals surface area (Å²) in [5.41, 5.74) is 7.77. The highest BCUT2D eigenvalue weighted by atomic mass is 16.5. The van der Waals surface area contributed by atoms with Crippen LogP contribution in [0.5, 0.6) is 5.75 Å². The van der Waals surface area contributed by atoms with Gasteiger partial charge < -0.3 is 20.7 Å². The Morgan fingerprint density at radius 1 is 1.25 bits per heavy atom. The van der Waals surface area contributed by atoms with Crippen LogP contribution in [0.15, 0.2) is 36.4 Å². The van der Waals surface area contributed by atoms with Gasteiger partial charge in [0.05, 0.1) is 0 Å². The maximum absolute atomic E-state index is 12.0. The summed E-state index contributed by atoms with van der Waals surface area (Å²) in [5, 5.41) is 2.79. The number of nitrogens with one attached hydrogen (secondary N) is 1. The van der Waals surface area contributed by atoms with Gasteiger partial charge in [-0.3, -0.25) is 4.79 Å². The molecule has 6 nitrogen and oxygen atoms in total. The second-order valence-corrected chi connectivity index (χ2v) is 6.20. The van der Waals surface area contributed by atoms with Gasteiger partial charge in [-0.2, -0.15) is 0 Å². The molecule has 1 unspecified atom stereocenters. The molecule has 0 fully saturated rings. The first-order valence-electron chi connectivity index (χ1n) is 7.96. The highest BCUT2D eigenvalue weighted by Crippen LogP contribution is 2.36. The number of nitrogen functional groups attached to an aromatic ring is 1. The molecule has 0 bridgehead atoms. The van der Waals surface area contributed by atoms with E-state index < -0.39 is 0 Å². The molecule has 1 aliphatic rings. The Labute approximate surface area is 141 Å². The van der Waals surface area contributed by atoms with Crippen molar-refractivity contribution >= 4 is 17.5 Å². The molecule has 3 rings (SSSR count). The second-order valence-electron chi connectivity index (χ2n) is 6.20. The summed E-state index contributed by atoms with van der Waals surface area (Å²) in [5.74, 6) is 1.73. The van der Waals surface area contributed by atoms with Gasteiger partial charge in [-0.05, 0) is 37.9 Å². The van der Waals surface area contributed by atoms with Gasteiger partial charge in [-0.15, -0.1) is 0 Å². The molecule has 1 amide bonds. The molecule has 1 atom stereocenters. The Bertz CT molecular complexity index is 728. The number of aromatic nitrogens is 1. The van der Waals surface area contributed by atoms with Crippen molar-refractivity contribution in [2.24, 2.45) is 0 Å². The van der Waals surface area contributed by atoms with E-state index in [2.05, 4.69) is 15.2 Å². The number of carbonyl (C=O) groups excluding carboxylic acids is 1. The maximum atomic E-state index is 12.0. The third-order valence-electron chi connectivity index (χ3n) is 4.06. The number of likely N-dealkylation sites (N-methyl/N-ethyl adjacent to an activating group) is 1. The van der Waals surface area contributed by atoms with E-state index >= 15 is 0 Å². The molecule has 6 heteroatoms. The molecule has 1 aliphatic heterocycles. The van der Waals surface area contributed by atoms with Crippen LogP contribution >= 0.6 is 0 Å². The molecule has 0 spiro atoms. The van der Waals surface area contributed by atoms with Crippen LogP contribution in [0.1, 0.15) is 23.5 Å². The Balaban J connectivity index is 1.78. The zero-order valence-corrected chi connectivity index (χ0v) is 14.0. The second kappa shape index (κ2) is 6.88. The van der Waals surface area contributed by atoms with Gasteiger partial charge in [-0.1, -0.05) is 18.2 Å². The van der Waals surface area contributed by atoms with Gasteiger partial charge in [0.15, 0.2) is 0 Å². The van der Waals surface area contributed by atoms with Crippen molar-refractivity contribution in [3.8, 4) is 5.75 Å². The first kappa shape index (κ1) is 16.3. The summed E-state index contributed by atoms with van der Waals surface area (Å²) in [4.78, 5) is 18.3. The van der Waals surface area contributed by atoms with Crippen LogP contribution in [0.4, 0.5) is 11.6 Å². The van der Waals surface area contributed by atoms with Crippen molar-refractivity contribution in [1.82, 2.24) is 9.88 Å². The molecule has 126 valence electrons. The standard InChI is InChI=1S/C18H22N4O2/c1-22(2)9-10-24-13-5-3-12(4-6-13)15-11-17(23)21-18-14(15)7-8-16(19)20-18/h3-8,15H,9-11H2,1-2H3,(H3,19,20,21,23). The van der Waals surface area contributed by atoms with Crippen molar-refractivity contribution in [2.45, 2.75) is 12.3 Å². The van der Waals surface area contributed by atoms with E-state index in [4.69, 9.17) is 10.5 Å². The first-order valence-corrected chi connectivity index (χ1v) is 7.96. The zero-order valence-electron chi connectivity index (χ0n) is 14.0. The van der Waals surface area contributed by atoms with Crippen LogP contribution < -0.4 is 15.8 Å². The molecule has 0 aliphatic carbocycles. The molecule has 0 saturated heterocycles. The zero-order chi connectivity index (χ0) is 17.1. The Kier molecular flexibility index (Phi) is 4.66. The van der Waals surface area contributed by atoms with Crippen LogP contribution in [0.2, 0.25) is 0 Å². The molecule has 2 aromatic rings. The van der Waals surface area contributed by atoms with E-state index in [9.17, 15) is 4.79 Å². The van der Waals surface area contributed by atoms with Crippen LogP contribution in [0.3, 0.4) is 0 Å². The van der Waals surface area contributed by atoms with Gasteiger partial charge in [0.1, 0.15) is 24.0 Å². The van der Waals surface area contributed by atoms with E-state index in [1.54, 1.807) is 6.07 Å². The Morgan fingerprint density at radius 2 is 2.00 bits per heavy atom. The number of nitrogens with two attached hydrogens (primary N) is 1. The summed E-state index contributed by atoms with van der Waals surface area (Å²) in [7, 11) is 4.03. The van der Waals surface area contributed by atoms with Gasteiger partial charge in [-0.25, -0.2) is 4.98 Å². The summed E-state index contributed by atoms with van der Waals surface area (Å²) in [6.45, 7) is 1.51. The van der Waals surface area contributed by atoms with E-state index in [0.717, 1.165) is 23.4 Å². The summed E-state index contributed by atoms with van der Waals surface area (Å²) in [6, 6.07) is 11.6. The quantitative estimate of drug-likeness (QED) is 0.879. The average molecular weight is 326 g/mol. The Hall–Kier alpha value is -2.60. The van der Waals surface area contributed by atoms with Gasteiger partial charge in [0.2, 0.25) is 5.91 Å². The number of benzene rings is 1. The minimum atomic E-state index is -0.0445. The van der Waals surface area contributed by atoms with Crippen molar-refractivity contribution in [3.05, 3.63) is 47.5 Å². The summed E-state index contributed by atoms with van der Waals surface area (Å²) >= 11 is 0. The fraction of sp³-hybridized carbons (Fsp3) is 0.333. The molecular weight excluding hydrogens is 304 g/mol. The number of rotatable bonds is 5. The van der Waals surface area contributed by atoms with E-state index in [-0.39, 0.29) is 11.8 Å². The summed E-state index contributed by atoms with van der Waals surface area (Å²) < 4.78 is 5.72. The fourth-order valence-electron chi connectivity index (χ4n) is 2.78. The van der Waals surface area contributed by atoms with E-state index in [1.165, 1.54) is 0 Å². The van der Waals surface area contributed by atoms with Crippen LogP contribution in [-0.2, 0) is 4.79 Å². The molecule has 3 N–H and O–H groups in total. The number of hydrogen-bond donors (Lipinski definition) is 2. The van der Waals surface area contributed by atoms with Gasteiger partial charge in [0, 0.05) is 24.4 Å². The highest BCUT2D eigenvalue weighted by molar-refractivity contribution is 5.94. The monoisotopic (exact) mass is 326 g/mol. The van der Waals surface area contributed by atoms with Crippen molar-refractivity contribution in [2.75, 3.05) is 38.3 Å². The first-order chi connectivity index (χ1) is 11.5. The normalized spacial score (nSPS) is 16.6. The minimum Gasteiger partial charge on any atom is -0.492 e. The number of carbonyl (C=O) groups is 1. The molecule has 0 saturated carbocycles. The largest absolute Gasteiger partial charge is 0.492 e. The molecule has 1 aromatic carbocycles. The molecule has 2 heterocycles. The molecule has 24 heavy (non-hydrogen) atoms. The van der Waals surface area contributed by atoms with Crippen molar-refractivity contribution in [3.63, 3.8) is 0 Å². The number of hydrogen-bond acceptors (Lipinski definition) is 5. The van der Waals surface area contributed by atoms with E-state index in [1.807, 2.05) is 44.4 Å². The van der Waals surface area contributed by atoms with Gasteiger partial charge in [0.25, 0.3) is 0 Å². The lowest BCUT2D eigenvalue weighted by Gasteiger charge is -2.25. The van der Waals surface area contributed by atoms with Crippen LogP contribution in [0.25, 0.3) is 0 Å². The smallest absolute Gasteiger partial charge is 0.226 e. The van der Waals surface area contributed by atoms with Crippen LogP contribution in [0, 0.1) is 0 Å². The summed E-state index contributed by atoms with van der Waals surface area (Å²) in [6.07, 6.45) is 0.402. The van der Waals surface area contributed by atoms with Gasteiger partial charge >= 0.3 is 0 Å². The predicted molar refractivity (Wildman–Crippen MR) is 94.2 cm³/mol. The van der Waals surface area contributed by atoms with E-state index in [0.29, 0.717) is 24.7 Å². The third kappa shape index (κ3) is 3.65.